The quantitative estimate of drug-likeness (QED) is 0.630. The SMILES string of the molecule is CN(CC(=O)N(Cc1ccccc1)c1nc2ccc(F)cc2s1)S(C)(=O)=O. The molecular formula is C18H18FN3O3S2. The number of hydrogen-bond acceptors (Lipinski definition) is 5. The zero-order chi connectivity index (χ0) is 19.6. The lowest BCUT2D eigenvalue weighted by Gasteiger charge is -2.22. The van der Waals surface area contributed by atoms with Crippen molar-refractivity contribution in [2.75, 3.05) is 24.7 Å². The van der Waals surface area contributed by atoms with Crippen molar-refractivity contribution in [1.82, 2.24) is 9.29 Å². The van der Waals surface area contributed by atoms with Crippen molar-refractivity contribution in [3.8, 4) is 0 Å². The van der Waals surface area contributed by atoms with Gasteiger partial charge in [-0.05, 0) is 23.8 Å². The molecule has 3 rings (SSSR count). The molecule has 9 heteroatoms. The highest BCUT2D eigenvalue weighted by Crippen LogP contribution is 2.30. The number of aromatic nitrogens is 1. The van der Waals surface area contributed by atoms with Gasteiger partial charge in [-0.1, -0.05) is 41.7 Å². The van der Waals surface area contributed by atoms with E-state index >= 15 is 0 Å². The molecule has 1 amide bonds. The number of likely N-dealkylation sites (N-methyl/N-ethyl adjacent to an activating group) is 1. The standard InChI is InChI=1S/C18H18FN3O3S2/c1-21(27(2,24)25)12-17(23)22(11-13-6-4-3-5-7-13)18-20-15-9-8-14(19)10-16(15)26-18/h3-10H,11-12H2,1-2H3. The molecule has 0 aliphatic carbocycles. The van der Waals surface area contributed by atoms with Crippen molar-refractivity contribution in [2.24, 2.45) is 0 Å². The Kier molecular flexibility index (Phi) is 5.54. The van der Waals surface area contributed by atoms with Gasteiger partial charge in [0.25, 0.3) is 0 Å². The minimum atomic E-state index is -3.50. The topological polar surface area (TPSA) is 70.6 Å². The fourth-order valence-corrected chi connectivity index (χ4v) is 3.78. The smallest absolute Gasteiger partial charge is 0.244 e. The van der Waals surface area contributed by atoms with Crippen LogP contribution in [-0.4, -0.2) is 43.5 Å². The first-order valence-electron chi connectivity index (χ1n) is 8.06. The van der Waals surface area contributed by atoms with E-state index in [1.165, 1.54) is 35.4 Å². The van der Waals surface area contributed by atoms with Crippen LogP contribution in [-0.2, 0) is 21.4 Å². The van der Waals surface area contributed by atoms with E-state index in [0.717, 1.165) is 16.1 Å². The monoisotopic (exact) mass is 407 g/mol. The summed E-state index contributed by atoms with van der Waals surface area (Å²) in [4.78, 5) is 18.7. The molecule has 0 atom stereocenters. The first kappa shape index (κ1) is 19.4. The molecule has 0 fully saturated rings. The van der Waals surface area contributed by atoms with Gasteiger partial charge in [0, 0.05) is 7.05 Å². The van der Waals surface area contributed by atoms with Crippen LogP contribution in [0.25, 0.3) is 10.2 Å². The maximum absolute atomic E-state index is 13.5. The highest BCUT2D eigenvalue weighted by Gasteiger charge is 2.24. The van der Waals surface area contributed by atoms with Crippen LogP contribution >= 0.6 is 11.3 Å². The molecule has 1 heterocycles. The summed E-state index contributed by atoms with van der Waals surface area (Å²) in [5.74, 6) is -0.790. The number of amides is 1. The van der Waals surface area contributed by atoms with Crippen molar-refractivity contribution in [3.05, 3.63) is 59.9 Å². The van der Waals surface area contributed by atoms with E-state index < -0.39 is 15.9 Å². The Morgan fingerprint density at radius 3 is 2.56 bits per heavy atom. The van der Waals surface area contributed by atoms with Gasteiger partial charge in [-0.2, -0.15) is 4.31 Å². The van der Waals surface area contributed by atoms with Crippen molar-refractivity contribution >= 4 is 42.6 Å². The molecule has 0 saturated heterocycles. The Hall–Kier alpha value is -2.36. The van der Waals surface area contributed by atoms with Gasteiger partial charge in [0.05, 0.1) is 29.6 Å². The lowest BCUT2D eigenvalue weighted by atomic mass is 10.2. The van der Waals surface area contributed by atoms with Gasteiger partial charge < -0.3 is 0 Å². The minimum Gasteiger partial charge on any atom is -0.282 e. The third kappa shape index (κ3) is 4.68. The summed E-state index contributed by atoms with van der Waals surface area (Å²) in [6.45, 7) is -0.0739. The molecule has 0 aliphatic heterocycles. The molecule has 27 heavy (non-hydrogen) atoms. The van der Waals surface area contributed by atoms with Gasteiger partial charge in [-0.25, -0.2) is 17.8 Å². The Morgan fingerprint density at radius 1 is 1.19 bits per heavy atom. The molecule has 1 aromatic heterocycles. The predicted octanol–water partition coefficient (Wildman–Crippen LogP) is 2.86. The molecule has 0 bridgehead atoms. The molecule has 0 radical (unpaired) electrons. The second kappa shape index (κ2) is 7.71. The average Bonchev–Trinajstić information content (AvgIpc) is 3.02. The number of sulfonamides is 1. The van der Waals surface area contributed by atoms with Crippen LogP contribution in [0.5, 0.6) is 0 Å². The van der Waals surface area contributed by atoms with E-state index in [4.69, 9.17) is 0 Å². The number of carbonyl (C=O) groups is 1. The third-order valence-electron chi connectivity index (χ3n) is 3.98. The van der Waals surface area contributed by atoms with E-state index in [0.29, 0.717) is 15.3 Å². The van der Waals surface area contributed by atoms with Crippen LogP contribution in [0.15, 0.2) is 48.5 Å². The first-order chi connectivity index (χ1) is 12.7. The lowest BCUT2D eigenvalue weighted by molar-refractivity contribution is -0.118. The molecule has 0 saturated carbocycles. The molecule has 0 N–H and O–H groups in total. The van der Waals surface area contributed by atoms with E-state index in [2.05, 4.69) is 4.98 Å². The van der Waals surface area contributed by atoms with Gasteiger partial charge >= 0.3 is 0 Å². The first-order valence-corrected chi connectivity index (χ1v) is 10.7. The highest BCUT2D eigenvalue weighted by atomic mass is 32.2. The van der Waals surface area contributed by atoms with Crippen molar-refractivity contribution < 1.29 is 17.6 Å². The summed E-state index contributed by atoms with van der Waals surface area (Å²) in [5.41, 5.74) is 1.46. The third-order valence-corrected chi connectivity index (χ3v) is 6.28. The summed E-state index contributed by atoms with van der Waals surface area (Å²) in [6.07, 6.45) is 1.04. The number of fused-ring (bicyclic) bond motifs is 1. The molecule has 2 aromatic carbocycles. The van der Waals surface area contributed by atoms with Crippen LogP contribution in [0.2, 0.25) is 0 Å². The van der Waals surface area contributed by atoms with Crippen LogP contribution in [0.4, 0.5) is 9.52 Å². The minimum absolute atomic E-state index is 0.236. The molecule has 142 valence electrons. The van der Waals surface area contributed by atoms with Crippen LogP contribution in [0, 0.1) is 5.82 Å². The zero-order valence-corrected chi connectivity index (χ0v) is 16.4. The largest absolute Gasteiger partial charge is 0.282 e. The number of rotatable bonds is 6. The summed E-state index contributed by atoms with van der Waals surface area (Å²) >= 11 is 1.19. The Morgan fingerprint density at radius 2 is 1.89 bits per heavy atom. The van der Waals surface area contributed by atoms with Gasteiger partial charge in [-0.3, -0.25) is 9.69 Å². The number of carbonyl (C=O) groups excluding carboxylic acids is 1. The number of anilines is 1. The van der Waals surface area contributed by atoms with Gasteiger partial charge in [0.15, 0.2) is 5.13 Å². The molecule has 0 unspecified atom stereocenters. The zero-order valence-electron chi connectivity index (χ0n) is 14.8. The fraction of sp³-hybridized carbons (Fsp3) is 0.222. The van der Waals surface area contributed by atoms with Gasteiger partial charge in [0.2, 0.25) is 15.9 Å². The van der Waals surface area contributed by atoms with Crippen LogP contribution in [0.1, 0.15) is 5.56 Å². The van der Waals surface area contributed by atoms with Gasteiger partial charge in [-0.15, -0.1) is 0 Å². The second-order valence-corrected chi connectivity index (χ2v) is 9.19. The number of halogens is 1. The molecular weight excluding hydrogens is 389 g/mol. The second-order valence-electron chi connectivity index (χ2n) is 6.09. The Bertz CT molecular complexity index is 1070. The molecule has 0 aliphatic rings. The number of hydrogen-bond donors (Lipinski definition) is 0. The Balaban J connectivity index is 1.96. The lowest BCUT2D eigenvalue weighted by Crippen LogP contribution is -2.40. The van der Waals surface area contributed by atoms with Crippen LogP contribution in [0.3, 0.4) is 0 Å². The summed E-state index contributed by atoms with van der Waals surface area (Å²) < 4.78 is 38.4. The van der Waals surface area contributed by atoms with E-state index in [1.54, 1.807) is 6.07 Å². The summed E-state index contributed by atoms with van der Waals surface area (Å²) in [7, 11) is -2.15. The average molecular weight is 407 g/mol. The normalized spacial score (nSPS) is 11.9. The van der Waals surface area contributed by atoms with E-state index in [-0.39, 0.29) is 18.9 Å². The summed E-state index contributed by atoms with van der Waals surface area (Å²) in [6, 6.07) is 13.5. The van der Waals surface area contributed by atoms with Crippen molar-refractivity contribution in [2.45, 2.75) is 6.54 Å². The molecule has 0 spiro atoms. The maximum atomic E-state index is 13.5. The number of nitrogens with zero attached hydrogens (tertiary/aromatic N) is 3. The highest BCUT2D eigenvalue weighted by molar-refractivity contribution is 7.88. The number of benzene rings is 2. The maximum Gasteiger partial charge on any atom is 0.244 e. The molecule has 3 aromatic rings. The van der Waals surface area contributed by atoms with Crippen molar-refractivity contribution in [1.29, 1.82) is 0 Å². The predicted molar refractivity (Wildman–Crippen MR) is 105 cm³/mol. The van der Waals surface area contributed by atoms with E-state index in [9.17, 15) is 17.6 Å². The van der Waals surface area contributed by atoms with Gasteiger partial charge in [0.1, 0.15) is 5.82 Å². The Labute approximate surface area is 160 Å². The summed E-state index contributed by atoms with van der Waals surface area (Å²) in [5, 5.41) is 0.395. The number of thiazole rings is 1. The fourth-order valence-electron chi connectivity index (χ4n) is 2.42. The van der Waals surface area contributed by atoms with E-state index in [1.807, 2.05) is 30.3 Å². The van der Waals surface area contributed by atoms with Crippen LogP contribution < -0.4 is 4.90 Å². The molecule has 6 nitrogen and oxygen atoms in total. The van der Waals surface area contributed by atoms with Crippen molar-refractivity contribution in [3.63, 3.8) is 0 Å².